The van der Waals surface area contributed by atoms with E-state index in [1.807, 2.05) is 0 Å². The first-order chi connectivity index (χ1) is 9.64. The topological polar surface area (TPSA) is 78.1 Å². The maximum atomic E-state index is 11.3. The zero-order valence-electron chi connectivity index (χ0n) is 10.9. The molecule has 0 saturated carbocycles. The van der Waals surface area contributed by atoms with Gasteiger partial charge in [-0.05, 0) is 18.6 Å². The van der Waals surface area contributed by atoms with Crippen molar-refractivity contribution in [1.29, 1.82) is 0 Å². The van der Waals surface area contributed by atoms with Crippen molar-refractivity contribution in [2.75, 3.05) is 13.7 Å². The quantitative estimate of drug-likeness (QED) is 0.669. The average molecular weight is 278 g/mol. The molecule has 6 nitrogen and oxygen atoms in total. The lowest BCUT2D eigenvalue weighted by atomic mass is 9.96. The third-order valence-corrected chi connectivity index (χ3v) is 3.39. The molecular weight excluding hydrogens is 264 g/mol. The van der Waals surface area contributed by atoms with Crippen molar-refractivity contribution >= 4 is 11.0 Å². The summed E-state index contributed by atoms with van der Waals surface area (Å²) < 4.78 is 10.6. The Morgan fingerprint density at radius 3 is 2.90 bits per heavy atom. The summed E-state index contributed by atoms with van der Waals surface area (Å²) in [5, 5.41) is 10.5. The van der Waals surface area contributed by atoms with Crippen molar-refractivity contribution in [2.45, 2.75) is 18.6 Å². The molecule has 0 amide bonds. The lowest BCUT2D eigenvalue weighted by molar-refractivity contribution is -0.453. The van der Waals surface area contributed by atoms with Crippen LogP contribution in [0.2, 0.25) is 0 Å². The summed E-state index contributed by atoms with van der Waals surface area (Å²) in [6.07, 6.45) is 1.32. The van der Waals surface area contributed by atoms with E-state index >= 15 is 0 Å². The molecular formula is C14H14O6. The molecule has 1 aliphatic rings. The number of phenolic OH excluding ortho intramolecular Hbond substituents is 1. The second kappa shape index (κ2) is 4.90. The van der Waals surface area contributed by atoms with Crippen molar-refractivity contribution in [3.05, 3.63) is 40.2 Å². The molecule has 106 valence electrons. The summed E-state index contributed by atoms with van der Waals surface area (Å²) in [5.74, 6) is -1.15. The van der Waals surface area contributed by atoms with Gasteiger partial charge in [-0.25, -0.2) is 9.68 Å². The Morgan fingerprint density at radius 1 is 1.35 bits per heavy atom. The van der Waals surface area contributed by atoms with Crippen LogP contribution in [0.4, 0.5) is 0 Å². The number of hydrogen-bond acceptors (Lipinski definition) is 6. The van der Waals surface area contributed by atoms with Gasteiger partial charge in [0, 0.05) is 36.6 Å². The first kappa shape index (κ1) is 13.1. The summed E-state index contributed by atoms with van der Waals surface area (Å²) in [6, 6.07) is 5.85. The molecule has 1 fully saturated rings. The van der Waals surface area contributed by atoms with Crippen molar-refractivity contribution in [1.82, 2.24) is 0 Å². The number of fused-ring (bicyclic) bond motifs is 1. The van der Waals surface area contributed by atoms with Crippen LogP contribution in [-0.2, 0) is 20.3 Å². The van der Waals surface area contributed by atoms with Gasteiger partial charge in [-0.1, -0.05) is 0 Å². The number of hydrogen-bond donors (Lipinski definition) is 1. The molecule has 2 aromatic rings. The molecule has 20 heavy (non-hydrogen) atoms. The number of phenols is 1. The molecule has 2 heterocycles. The smallest absolute Gasteiger partial charge is 0.336 e. The van der Waals surface area contributed by atoms with Crippen molar-refractivity contribution in [3.8, 4) is 5.75 Å². The molecule has 0 aliphatic carbocycles. The third-order valence-electron chi connectivity index (χ3n) is 3.39. The molecule has 1 N–H and O–H groups in total. The maximum absolute atomic E-state index is 11.3. The van der Waals surface area contributed by atoms with Crippen LogP contribution in [0.15, 0.2) is 33.5 Å². The molecule has 1 atom stereocenters. The van der Waals surface area contributed by atoms with E-state index in [0.29, 0.717) is 24.0 Å². The minimum atomic E-state index is -1.12. The standard InChI is InChI=1S/C14H14O6/c1-17-14(5-2-6-18-20-14)11-7-9(15)8-12-10(11)3-4-13(16)19-12/h3-4,7-8,15H,2,5-6H2,1H3. The highest BCUT2D eigenvalue weighted by Gasteiger charge is 2.39. The molecule has 0 radical (unpaired) electrons. The summed E-state index contributed by atoms with van der Waals surface area (Å²) in [6.45, 7) is 0.483. The van der Waals surface area contributed by atoms with E-state index < -0.39 is 11.4 Å². The second-order valence-electron chi connectivity index (χ2n) is 4.63. The Hall–Kier alpha value is -1.89. The number of benzene rings is 1. The van der Waals surface area contributed by atoms with E-state index in [9.17, 15) is 9.90 Å². The van der Waals surface area contributed by atoms with Crippen LogP contribution in [0, 0.1) is 0 Å². The van der Waals surface area contributed by atoms with E-state index in [0.717, 1.165) is 6.42 Å². The molecule has 1 aromatic heterocycles. The molecule has 3 rings (SSSR count). The highest BCUT2D eigenvalue weighted by Crippen LogP contribution is 2.40. The minimum Gasteiger partial charge on any atom is -0.508 e. The molecule has 0 bridgehead atoms. The Bertz CT molecular complexity index is 684. The van der Waals surface area contributed by atoms with Crippen LogP contribution in [-0.4, -0.2) is 18.8 Å². The van der Waals surface area contributed by atoms with E-state index in [4.69, 9.17) is 18.9 Å². The Morgan fingerprint density at radius 2 is 2.20 bits per heavy atom. The van der Waals surface area contributed by atoms with Crippen LogP contribution >= 0.6 is 0 Å². The molecule has 1 aliphatic heterocycles. The number of aromatic hydroxyl groups is 1. The van der Waals surface area contributed by atoms with Crippen molar-refractivity contribution in [3.63, 3.8) is 0 Å². The van der Waals surface area contributed by atoms with Gasteiger partial charge in [0.05, 0.1) is 6.61 Å². The van der Waals surface area contributed by atoms with E-state index in [2.05, 4.69) is 0 Å². The SMILES string of the molecule is COC1(c2cc(O)cc3oc(=O)ccc23)CCCOO1. The lowest BCUT2D eigenvalue weighted by Gasteiger charge is -2.34. The Labute approximate surface area is 114 Å². The maximum Gasteiger partial charge on any atom is 0.336 e. The largest absolute Gasteiger partial charge is 0.508 e. The second-order valence-corrected chi connectivity index (χ2v) is 4.63. The van der Waals surface area contributed by atoms with Gasteiger partial charge in [0.15, 0.2) is 0 Å². The lowest BCUT2D eigenvalue weighted by Crippen LogP contribution is -2.36. The Kier molecular flexibility index (Phi) is 3.21. The van der Waals surface area contributed by atoms with Gasteiger partial charge < -0.3 is 14.3 Å². The van der Waals surface area contributed by atoms with E-state index in [1.54, 1.807) is 6.07 Å². The third kappa shape index (κ3) is 2.07. The van der Waals surface area contributed by atoms with Gasteiger partial charge in [-0.15, -0.1) is 0 Å². The summed E-state index contributed by atoms with van der Waals surface area (Å²) >= 11 is 0. The van der Waals surface area contributed by atoms with Crippen molar-refractivity contribution < 1.29 is 24.0 Å². The predicted octanol–water partition coefficient (Wildman–Crippen LogP) is 2.04. The van der Waals surface area contributed by atoms with Crippen LogP contribution < -0.4 is 5.63 Å². The molecule has 1 aromatic carbocycles. The van der Waals surface area contributed by atoms with E-state index in [-0.39, 0.29) is 11.3 Å². The van der Waals surface area contributed by atoms with Crippen LogP contribution in [0.1, 0.15) is 18.4 Å². The zero-order chi connectivity index (χ0) is 14.2. The molecule has 1 saturated heterocycles. The summed E-state index contributed by atoms with van der Waals surface area (Å²) in [7, 11) is 1.50. The number of rotatable bonds is 2. The normalized spacial score (nSPS) is 23.1. The van der Waals surface area contributed by atoms with Gasteiger partial charge in [-0.2, -0.15) is 4.89 Å². The fraction of sp³-hybridized carbons (Fsp3) is 0.357. The molecule has 1 unspecified atom stereocenters. The van der Waals surface area contributed by atoms with Gasteiger partial charge >= 0.3 is 5.63 Å². The Balaban J connectivity index is 2.26. The monoisotopic (exact) mass is 278 g/mol. The number of ether oxygens (including phenoxy) is 1. The number of methoxy groups -OCH3 is 1. The van der Waals surface area contributed by atoms with Crippen LogP contribution in [0.5, 0.6) is 5.75 Å². The highest BCUT2D eigenvalue weighted by molar-refractivity contribution is 5.82. The van der Waals surface area contributed by atoms with E-state index in [1.165, 1.54) is 25.3 Å². The first-order valence-electron chi connectivity index (χ1n) is 6.28. The zero-order valence-corrected chi connectivity index (χ0v) is 10.9. The predicted molar refractivity (Wildman–Crippen MR) is 69.1 cm³/mol. The van der Waals surface area contributed by atoms with Gasteiger partial charge in [0.1, 0.15) is 11.3 Å². The van der Waals surface area contributed by atoms with Gasteiger partial charge in [0.25, 0.3) is 0 Å². The van der Waals surface area contributed by atoms with Crippen molar-refractivity contribution in [2.24, 2.45) is 0 Å². The molecule has 6 heteroatoms. The first-order valence-corrected chi connectivity index (χ1v) is 6.28. The van der Waals surface area contributed by atoms with Gasteiger partial charge in [0.2, 0.25) is 5.79 Å². The molecule has 0 spiro atoms. The fourth-order valence-corrected chi connectivity index (χ4v) is 2.45. The highest BCUT2D eigenvalue weighted by atomic mass is 17.2. The van der Waals surface area contributed by atoms with Gasteiger partial charge in [-0.3, -0.25) is 0 Å². The fourth-order valence-electron chi connectivity index (χ4n) is 2.45. The summed E-state index contributed by atoms with van der Waals surface area (Å²) in [4.78, 5) is 21.7. The van der Waals surface area contributed by atoms with Crippen LogP contribution in [0.3, 0.4) is 0 Å². The van der Waals surface area contributed by atoms with Crippen LogP contribution in [0.25, 0.3) is 11.0 Å². The average Bonchev–Trinajstić information content (AvgIpc) is 2.46. The minimum absolute atomic E-state index is 0.0348. The summed E-state index contributed by atoms with van der Waals surface area (Å²) in [5.41, 5.74) is 0.359.